The van der Waals surface area contributed by atoms with Gasteiger partial charge in [0.05, 0.1) is 0 Å². The summed E-state index contributed by atoms with van der Waals surface area (Å²) >= 11 is 0. The highest BCUT2D eigenvalue weighted by Gasteiger charge is 2.02. The van der Waals surface area contributed by atoms with Gasteiger partial charge in [-0.3, -0.25) is 0 Å². The van der Waals surface area contributed by atoms with Crippen molar-refractivity contribution in [2.75, 3.05) is 26.2 Å². The smallest absolute Gasteiger partial charge is 0.0191 e. The van der Waals surface area contributed by atoms with Gasteiger partial charge >= 0.3 is 0 Å². The Balaban J connectivity index is 3.25. The molecule has 0 aromatic carbocycles. The van der Waals surface area contributed by atoms with Crippen molar-refractivity contribution in [2.45, 2.75) is 18.9 Å². The average molecular weight is 160 g/mol. The van der Waals surface area contributed by atoms with Gasteiger partial charge in [-0.15, -0.1) is 0 Å². The minimum atomic E-state index is 0.391. The van der Waals surface area contributed by atoms with Crippen molar-refractivity contribution in [2.24, 2.45) is 17.2 Å². The van der Waals surface area contributed by atoms with E-state index in [1.165, 1.54) is 0 Å². The first-order chi connectivity index (χ1) is 5.35. The van der Waals surface area contributed by atoms with Gasteiger partial charge in [-0.25, -0.2) is 0 Å². The Morgan fingerprint density at radius 1 is 1.09 bits per heavy atom. The van der Waals surface area contributed by atoms with Crippen molar-refractivity contribution in [3.63, 3.8) is 0 Å². The van der Waals surface area contributed by atoms with Crippen LogP contribution in [0.2, 0.25) is 0 Å². The third-order valence-corrected chi connectivity index (χ3v) is 1.62. The standard InChI is InChI=1S/C7H20N4/c8-3-1-2-7(6-10)11-5-4-9/h7,11H,1-6,8-10H2. The fourth-order valence-electron chi connectivity index (χ4n) is 0.955. The Morgan fingerprint density at radius 2 is 1.82 bits per heavy atom. The molecule has 0 amide bonds. The predicted molar refractivity (Wildman–Crippen MR) is 48.2 cm³/mol. The second-order valence-corrected chi connectivity index (χ2v) is 2.61. The van der Waals surface area contributed by atoms with Gasteiger partial charge in [-0.2, -0.15) is 0 Å². The Morgan fingerprint density at radius 3 is 2.27 bits per heavy atom. The van der Waals surface area contributed by atoms with Crippen LogP contribution in [0, 0.1) is 0 Å². The molecule has 4 nitrogen and oxygen atoms in total. The molecule has 0 fully saturated rings. The summed E-state index contributed by atoms with van der Waals surface area (Å²) in [5.41, 5.74) is 16.2. The van der Waals surface area contributed by atoms with E-state index in [2.05, 4.69) is 5.32 Å². The lowest BCUT2D eigenvalue weighted by atomic mass is 10.1. The zero-order chi connectivity index (χ0) is 8.53. The van der Waals surface area contributed by atoms with Crippen LogP contribution in [0.3, 0.4) is 0 Å². The van der Waals surface area contributed by atoms with Gasteiger partial charge in [-0.1, -0.05) is 0 Å². The average Bonchev–Trinajstić information content (AvgIpc) is 2.05. The van der Waals surface area contributed by atoms with E-state index in [9.17, 15) is 0 Å². The summed E-state index contributed by atoms with van der Waals surface area (Å²) in [6.07, 6.45) is 2.08. The van der Waals surface area contributed by atoms with E-state index in [0.717, 1.165) is 25.9 Å². The van der Waals surface area contributed by atoms with Crippen LogP contribution in [0.1, 0.15) is 12.8 Å². The highest BCUT2D eigenvalue weighted by Crippen LogP contribution is 1.92. The van der Waals surface area contributed by atoms with Gasteiger partial charge in [0.2, 0.25) is 0 Å². The topological polar surface area (TPSA) is 90.1 Å². The third-order valence-electron chi connectivity index (χ3n) is 1.62. The van der Waals surface area contributed by atoms with Gasteiger partial charge in [0, 0.05) is 25.7 Å². The maximum absolute atomic E-state index is 5.51. The van der Waals surface area contributed by atoms with E-state index in [1.807, 2.05) is 0 Å². The molecule has 0 spiro atoms. The first kappa shape index (κ1) is 10.8. The molecular formula is C7H20N4. The quantitative estimate of drug-likeness (QED) is 0.369. The molecule has 0 saturated heterocycles. The van der Waals surface area contributed by atoms with Crippen LogP contribution in [0.4, 0.5) is 0 Å². The van der Waals surface area contributed by atoms with E-state index >= 15 is 0 Å². The van der Waals surface area contributed by atoms with Gasteiger partial charge in [0.25, 0.3) is 0 Å². The second-order valence-electron chi connectivity index (χ2n) is 2.61. The SMILES string of the molecule is NCCCC(CN)NCCN. The molecule has 1 unspecified atom stereocenters. The highest BCUT2D eigenvalue weighted by molar-refractivity contribution is 4.67. The highest BCUT2D eigenvalue weighted by atomic mass is 14.9. The minimum Gasteiger partial charge on any atom is -0.330 e. The Kier molecular flexibility index (Phi) is 7.83. The van der Waals surface area contributed by atoms with Crippen LogP contribution in [0.25, 0.3) is 0 Å². The zero-order valence-electron chi connectivity index (χ0n) is 7.05. The number of hydrogen-bond donors (Lipinski definition) is 4. The number of hydrogen-bond acceptors (Lipinski definition) is 4. The van der Waals surface area contributed by atoms with Crippen LogP contribution >= 0.6 is 0 Å². The lowest BCUT2D eigenvalue weighted by molar-refractivity contribution is 0.483. The fraction of sp³-hybridized carbons (Fsp3) is 1.00. The molecule has 0 bridgehead atoms. The minimum absolute atomic E-state index is 0.391. The molecule has 0 rings (SSSR count). The molecule has 68 valence electrons. The summed E-state index contributed by atoms with van der Waals surface area (Å²) < 4.78 is 0. The molecule has 0 aliphatic heterocycles. The van der Waals surface area contributed by atoms with Crippen molar-refractivity contribution in [3.8, 4) is 0 Å². The molecule has 0 aliphatic rings. The van der Waals surface area contributed by atoms with Gasteiger partial charge < -0.3 is 22.5 Å². The van der Waals surface area contributed by atoms with E-state index in [0.29, 0.717) is 19.1 Å². The van der Waals surface area contributed by atoms with Gasteiger partial charge in [0.15, 0.2) is 0 Å². The maximum atomic E-state index is 5.51. The number of nitrogens with two attached hydrogens (primary N) is 3. The molecular weight excluding hydrogens is 140 g/mol. The lowest BCUT2D eigenvalue weighted by Gasteiger charge is -2.15. The fourth-order valence-corrected chi connectivity index (χ4v) is 0.955. The lowest BCUT2D eigenvalue weighted by Crippen LogP contribution is -2.39. The summed E-state index contributed by atoms with van der Waals surface area (Å²) in [7, 11) is 0. The summed E-state index contributed by atoms with van der Waals surface area (Å²) in [6, 6.07) is 0.391. The van der Waals surface area contributed by atoms with E-state index in [-0.39, 0.29) is 0 Å². The predicted octanol–water partition coefficient (Wildman–Crippen LogP) is -1.40. The third kappa shape index (κ3) is 6.25. The van der Waals surface area contributed by atoms with E-state index < -0.39 is 0 Å². The molecule has 0 aliphatic carbocycles. The van der Waals surface area contributed by atoms with Crippen molar-refractivity contribution < 1.29 is 0 Å². The summed E-state index contributed by atoms with van der Waals surface area (Å²) in [5.74, 6) is 0. The van der Waals surface area contributed by atoms with E-state index in [1.54, 1.807) is 0 Å². The molecule has 0 heterocycles. The Bertz CT molecular complexity index is 68.8. The summed E-state index contributed by atoms with van der Waals surface area (Å²) in [4.78, 5) is 0. The molecule has 7 N–H and O–H groups in total. The number of nitrogens with one attached hydrogen (secondary N) is 1. The van der Waals surface area contributed by atoms with Crippen molar-refractivity contribution in [3.05, 3.63) is 0 Å². The van der Waals surface area contributed by atoms with Gasteiger partial charge in [-0.05, 0) is 19.4 Å². The molecule has 11 heavy (non-hydrogen) atoms. The van der Waals surface area contributed by atoms with Crippen molar-refractivity contribution >= 4 is 0 Å². The molecule has 1 atom stereocenters. The maximum Gasteiger partial charge on any atom is 0.0191 e. The second kappa shape index (κ2) is 7.94. The van der Waals surface area contributed by atoms with E-state index in [4.69, 9.17) is 17.2 Å². The Hall–Kier alpha value is -0.160. The number of rotatable bonds is 7. The van der Waals surface area contributed by atoms with Crippen LogP contribution in [-0.2, 0) is 0 Å². The molecule has 0 aromatic heterocycles. The Labute approximate surface area is 68.5 Å². The first-order valence-electron chi connectivity index (χ1n) is 4.18. The summed E-state index contributed by atoms with van der Waals surface area (Å²) in [6.45, 7) is 2.91. The van der Waals surface area contributed by atoms with Crippen LogP contribution in [0.15, 0.2) is 0 Å². The molecule has 0 radical (unpaired) electrons. The largest absolute Gasteiger partial charge is 0.330 e. The van der Waals surface area contributed by atoms with Crippen molar-refractivity contribution in [1.29, 1.82) is 0 Å². The monoisotopic (exact) mass is 160 g/mol. The van der Waals surface area contributed by atoms with Crippen LogP contribution in [-0.4, -0.2) is 32.2 Å². The first-order valence-corrected chi connectivity index (χ1v) is 4.18. The van der Waals surface area contributed by atoms with Crippen LogP contribution in [0.5, 0.6) is 0 Å². The molecule has 0 aromatic rings. The summed E-state index contributed by atoms with van der Waals surface area (Å²) in [5, 5.41) is 3.25. The normalized spacial score (nSPS) is 13.4. The molecule has 4 heteroatoms. The van der Waals surface area contributed by atoms with Crippen molar-refractivity contribution in [1.82, 2.24) is 5.32 Å². The van der Waals surface area contributed by atoms with Crippen LogP contribution < -0.4 is 22.5 Å². The van der Waals surface area contributed by atoms with Gasteiger partial charge in [0.1, 0.15) is 0 Å². The molecule has 0 saturated carbocycles. The zero-order valence-corrected chi connectivity index (χ0v) is 7.05.